The van der Waals surface area contributed by atoms with Crippen molar-refractivity contribution in [2.24, 2.45) is 0 Å². The number of pyridine rings is 1. The number of alkyl halides is 1. The summed E-state index contributed by atoms with van der Waals surface area (Å²) < 4.78 is 4.77. The first-order valence-electron chi connectivity index (χ1n) is 8.25. The molecular formula is C17H30ClNSn. The topological polar surface area (TPSA) is 12.9 Å². The number of aromatic nitrogens is 1. The van der Waals surface area contributed by atoms with Crippen LogP contribution in [0.4, 0.5) is 0 Å². The molecule has 0 N–H and O–H groups in total. The molecule has 1 rings (SSSR count). The van der Waals surface area contributed by atoms with Crippen LogP contribution in [0.3, 0.4) is 0 Å². The molecule has 1 nitrogen and oxygen atoms in total. The second-order valence-corrected chi connectivity index (χ2v) is 20.5. The summed E-state index contributed by atoms with van der Waals surface area (Å²) >= 11 is 4.45. The van der Waals surface area contributed by atoms with Crippen molar-refractivity contribution >= 4 is 33.6 Å². The van der Waals surface area contributed by atoms with Gasteiger partial charge in [0.25, 0.3) is 0 Å². The van der Waals surface area contributed by atoms with Gasteiger partial charge in [-0.2, -0.15) is 0 Å². The first-order chi connectivity index (χ1) is 9.71. The Bertz CT molecular complexity index is 347. The van der Waals surface area contributed by atoms with Gasteiger partial charge in [0.1, 0.15) is 0 Å². The summed E-state index contributed by atoms with van der Waals surface area (Å²) in [5, 5.41) is 0. The molecule has 0 amide bonds. The quantitative estimate of drug-likeness (QED) is 0.383. The fraction of sp³-hybridized carbons (Fsp3) is 0.706. The van der Waals surface area contributed by atoms with Gasteiger partial charge in [-0.3, -0.25) is 0 Å². The van der Waals surface area contributed by atoms with Crippen LogP contribution in [0.2, 0.25) is 8.87 Å². The van der Waals surface area contributed by atoms with Crippen molar-refractivity contribution in [3.63, 3.8) is 0 Å². The molecule has 0 bridgehead atoms. The Labute approximate surface area is 134 Å². The SMILES string of the molecule is CCC[CH2][Sn]([CH2]CCC)([c]1cccnc1)[CH](Cl)CCC. The van der Waals surface area contributed by atoms with Crippen LogP contribution < -0.4 is 3.58 Å². The molecule has 1 unspecified atom stereocenters. The van der Waals surface area contributed by atoms with Gasteiger partial charge in [0.05, 0.1) is 0 Å². The number of nitrogens with zero attached hydrogens (tertiary/aromatic N) is 1. The van der Waals surface area contributed by atoms with Gasteiger partial charge in [0.2, 0.25) is 0 Å². The second kappa shape index (κ2) is 10.0. The molecular weight excluding hydrogens is 372 g/mol. The normalized spacial score (nSPS) is 13.4. The Hall–Kier alpha value is 0.239. The molecule has 3 heteroatoms. The Balaban J connectivity index is 3.10. The fourth-order valence-electron chi connectivity index (χ4n) is 3.08. The molecule has 1 aromatic heterocycles. The van der Waals surface area contributed by atoms with E-state index in [2.05, 4.69) is 44.1 Å². The number of unbranched alkanes of at least 4 members (excludes halogenated alkanes) is 2. The Morgan fingerprint density at radius 2 is 1.75 bits per heavy atom. The van der Waals surface area contributed by atoms with Gasteiger partial charge in [-0.05, 0) is 0 Å². The van der Waals surface area contributed by atoms with E-state index in [0.717, 1.165) is 0 Å². The van der Waals surface area contributed by atoms with Crippen LogP contribution in [-0.2, 0) is 0 Å². The maximum atomic E-state index is 6.98. The average molecular weight is 403 g/mol. The standard InChI is InChI=1S/C5H4N.C4H8Cl.2C4H9.Sn/c1-2-4-6-5-3-1;1-2-3-4-5;2*1-3-4-2;/h1-2,4-5H;4H,2-3H2,1H3;2*1,3-4H2,2H3;. The van der Waals surface area contributed by atoms with Crippen LogP contribution in [0, 0.1) is 0 Å². The zero-order valence-electron chi connectivity index (χ0n) is 13.4. The summed E-state index contributed by atoms with van der Waals surface area (Å²) in [7, 11) is 0. The molecule has 0 saturated carbocycles. The predicted octanol–water partition coefficient (Wildman–Crippen LogP) is 5.28. The maximum absolute atomic E-state index is 6.98. The Morgan fingerprint density at radius 3 is 2.20 bits per heavy atom. The molecule has 0 spiro atoms. The van der Waals surface area contributed by atoms with E-state index in [-0.39, 0.29) is 0 Å². The summed E-state index contributed by atoms with van der Waals surface area (Å²) in [6.45, 7) is 6.85. The van der Waals surface area contributed by atoms with Crippen molar-refractivity contribution in [1.82, 2.24) is 4.98 Å². The molecule has 0 aromatic carbocycles. The van der Waals surface area contributed by atoms with Gasteiger partial charge in [-0.1, -0.05) is 0 Å². The van der Waals surface area contributed by atoms with Gasteiger partial charge in [0, 0.05) is 0 Å². The van der Waals surface area contributed by atoms with E-state index in [1.54, 1.807) is 3.58 Å². The Kier molecular flexibility index (Phi) is 9.19. The van der Waals surface area contributed by atoms with Crippen molar-refractivity contribution in [1.29, 1.82) is 0 Å². The zero-order valence-corrected chi connectivity index (χ0v) is 17.0. The number of rotatable bonds is 10. The van der Waals surface area contributed by atoms with E-state index >= 15 is 0 Å². The molecule has 1 aromatic rings. The van der Waals surface area contributed by atoms with E-state index in [9.17, 15) is 0 Å². The van der Waals surface area contributed by atoms with Gasteiger partial charge in [-0.25, -0.2) is 0 Å². The number of hydrogen-bond acceptors (Lipinski definition) is 1. The first-order valence-corrected chi connectivity index (χ1v) is 15.8. The molecule has 0 radical (unpaired) electrons. The fourth-order valence-corrected chi connectivity index (χ4v) is 21.0. The van der Waals surface area contributed by atoms with Crippen LogP contribution in [-0.4, -0.2) is 26.8 Å². The third-order valence-corrected chi connectivity index (χ3v) is 22.8. The van der Waals surface area contributed by atoms with E-state index in [1.807, 2.05) is 6.20 Å². The van der Waals surface area contributed by atoms with Crippen molar-refractivity contribution in [3.8, 4) is 0 Å². The first kappa shape index (κ1) is 18.3. The molecule has 0 aliphatic rings. The summed E-state index contributed by atoms with van der Waals surface area (Å²) in [6.07, 6.45) is 11.6. The van der Waals surface area contributed by atoms with Gasteiger partial charge < -0.3 is 0 Å². The minimum atomic E-state index is -2.53. The zero-order chi connectivity index (χ0) is 14.8. The predicted molar refractivity (Wildman–Crippen MR) is 93.6 cm³/mol. The van der Waals surface area contributed by atoms with Crippen LogP contribution in [0.15, 0.2) is 24.5 Å². The van der Waals surface area contributed by atoms with Crippen LogP contribution in [0.1, 0.15) is 59.3 Å². The molecule has 0 saturated heterocycles. The molecule has 0 fully saturated rings. The average Bonchev–Trinajstić information content (AvgIpc) is 2.49. The van der Waals surface area contributed by atoms with E-state index < -0.39 is 18.4 Å². The third-order valence-electron chi connectivity index (χ3n) is 4.33. The molecule has 1 heterocycles. The number of hydrogen-bond donors (Lipinski definition) is 0. The van der Waals surface area contributed by atoms with E-state index in [0.29, 0.717) is 3.39 Å². The van der Waals surface area contributed by atoms with Gasteiger partial charge in [0.15, 0.2) is 0 Å². The van der Waals surface area contributed by atoms with E-state index in [4.69, 9.17) is 11.6 Å². The minimum absolute atomic E-state index is 0.427. The van der Waals surface area contributed by atoms with Crippen molar-refractivity contribution < 1.29 is 0 Å². The third kappa shape index (κ3) is 4.91. The summed E-state index contributed by atoms with van der Waals surface area (Å²) in [5.74, 6) is 0. The monoisotopic (exact) mass is 403 g/mol. The van der Waals surface area contributed by atoms with Gasteiger partial charge in [-0.15, -0.1) is 0 Å². The molecule has 0 aliphatic heterocycles. The molecule has 1 atom stereocenters. The molecule has 0 aliphatic carbocycles. The van der Waals surface area contributed by atoms with E-state index in [1.165, 1.54) is 47.4 Å². The van der Waals surface area contributed by atoms with Crippen LogP contribution in [0.25, 0.3) is 0 Å². The summed E-state index contributed by atoms with van der Waals surface area (Å²) in [5.41, 5.74) is 0. The number of halogens is 1. The van der Waals surface area contributed by atoms with Crippen molar-refractivity contribution in [2.45, 2.75) is 71.6 Å². The summed E-state index contributed by atoms with van der Waals surface area (Å²) in [6, 6.07) is 4.42. The molecule has 20 heavy (non-hydrogen) atoms. The Morgan fingerprint density at radius 1 is 1.10 bits per heavy atom. The summed E-state index contributed by atoms with van der Waals surface area (Å²) in [4.78, 5) is 4.40. The van der Waals surface area contributed by atoms with Gasteiger partial charge >= 0.3 is 135 Å². The van der Waals surface area contributed by atoms with Crippen LogP contribution >= 0.6 is 11.6 Å². The van der Waals surface area contributed by atoms with Crippen molar-refractivity contribution in [2.75, 3.05) is 0 Å². The van der Waals surface area contributed by atoms with Crippen LogP contribution in [0.5, 0.6) is 0 Å². The van der Waals surface area contributed by atoms with Crippen molar-refractivity contribution in [3.05, 3.63) is 24.5 Å². The second-order valence-electron chi connectivity index (χ2n) is 5.86. The molecule has 114 valence electrons.